The van der Waals surface area contributed by atoms with Gasteiger partial charge in [-0.05, 0) is 38.7 Å². The molecule has 0 spiro atoms. The van der Waals surface area contributed by atoms with Crippen molar-refractivity contribution in [3.63, 3.8) is 0 Å². The standard InChI is InChI=1S/C22H33N5O2/c1-14(2)26-8-6-16(7-9-26)23-21-17-10-19(28-4)20(29-5)11-18(17)24-22(25-21)27-12-15(3)13-27/h10-11,14-16H,6-9,12-13H2,1-5H3,(H,23,24,25). The molecule has 1 aromatic carbocycles. The fraction of sp³-hybridized carbons (Fsp3) is 0.636. The molecule has 2 aliphatic heterocycles. The van der Waals surface area contributed by atoms with Gasteiger partial charge in [0.05, 0.1) is 19.7 Å². The fourth-order valence-electron chi connectivity index (χ4n) is 4.31. The highest BCUT2D eigenvalue weighted by molar-refractivity contribution is 5.93. The Bertz CT molecular complexity index is 858. The van der Waals surface area contributed by atoms with Crippen LogP contribution in [0.5, 0.6) is 11.5 Å². The zero-order valence-electron chi connectivity index (χ0n) is 18.2. The third-order valence-corrected chi connectivity index (χ3v) is 6.14. The molecular formula is C22H33N5O2. The minimum Gasteiger partial charge on any atom is -0.493 e. The molecule has 0 aliphatic carbocycles. The highest BCUT2D eigenvalue weighted by Gasteiger charge is 2.27. The summed E-state index contributed by atoms with van der Waals surface area (Å²) >= 11 is 0. The van der Waals surface area contributed by atoms with Crippen LogP contribution in [0.2, 0.25) is 0 Å². The van der Waals surface area contributed by atoms with Crippen LogP contribution in [0.1, 0.15) is 33.6 Å². The largest absolute Gasteiger partial charge is 0.493 e. The zero-order valence-corrected chi connectivity index (χ0v) is 18.2. The van der Waals surface area contributed by atoms with Crippen LogP contribution in [0.25, 0.3) is 10.9 Å². The predicted octanol–water partition coefficient (Wildman–Crippen LogP) is 3.39. The molecule has 0 saturated carbocycles. The number of ether oxygens (including phenoxy) is 2. The van der Waals surface area contributed by atoms with Crippen LogP contribution < -0.4 is 19.7 Å². The number of nitrogens with zero attached hydrogens (tertiary/aromatic N) is 4. The third kappa shape index (κ3) is 4.06. The summed E-state index contributed by atoms with van der Waals surface area (Å²) in [4.78, 5) is 14.5. The first-order valence-electron chi connectivity index (χ1n) is 10.7. The summed E-state index contributed by atoms with van der Waals surface area (Å²) in [6, 6.07) is 4.96. The summed E-state index contributed by atoms with van der Waals surface area (Å²) in [7, 11) is 3.32. The van der Waals surface area contributed by atoms with Gasteiger partial charge in [-0.25, -0.2) is 4.98 Å². The van der Waals surface area contributed by atoms with E-state index in [9.17, 15) is 0 Å². The van der Waals surface area contributed by atoms with E-state index in [4.69, 9.17) is 19.4 Å². The van der Waals surface area contributed by atoms with Crippen LogP contribution in [0.4, 0.5) is 11.8 Å². The molecule has 3 heterocycles. The Labute approximate surface area is 173 Å². The Balaban J connectivity index is 1.66. The number of hydrogen-bond acceptors (Lipinski definition) is 7. The Hall–Kier alpha value is -2.28. The summed E-state index contributed by atoms with van der Waals surface area (Å²) in [6.45, 7) is 11.0. The highest BCUT2D eigenvalue weighted by Crippen LogP contribution is 2.36. The van der Waals surface area contributed by atoms with Gasteiger partial charge in [-0.3, -0.25) is 0 Å². The lowest BCUT2D eigenvalue weighted by molar-refractivity contribution is 0.177. The predicted molar refractivity (Wildman–Crippen MR) is 117 cm³/mol. The maximum Gasteiger partial charge on any atom is 0.227 e. The van der Waals surface area contributed by atoms with E-state index in [0.717, 1.165) is 61.7 Å². The number of aromatic nitrogens is 2. The van der Waals surface area contributed by atoms with Gasteiger partial charge in [0.25, 0.3) is 0 Å². The fourth-order valence-corrected chi connectivity index (χ4v) is 4.31. The van der Waals surface area contributed by atoms with Gasteiger partial charge >= 0.3 is 0 Å². The Morgan fingerprint density at radius 1 is 1.03 bits per heavy atom. The lowest BCUT2D eigenvalue weighted by atomic mass is 10.0. The van der Waals surface area contributed by atoms with Gasteiger partial charge in [-0.2, -0.15) is 4.98 Å². The summed E-state index contributed by atoms with van der Waals surface area (Å²) in [5.74, 6) is 3.78. The number of piperidine rings is 1. The van der Waals surface area contributed by atoms with E-state index in [1.54, 1.807) is 14.2 Å². The van der Waals surface area contributed by atoms with Crippen molar-refractivity contribution < 1.29 is 9.47 Å². The van der Waals surface area contributed by atoms with Crippen molar-refractivity contribution in [3.05, 3.63) is 12.1 Å². The van der Waals surface area contributed by atoms with Crippen LogP contribution in [-0.2, 0) is 0 Å². The van der Waals surface area contributed by atoms with Gasteiger partial charge in [0, 0.05) is 49.7 Å². The number of benzene rings is 1. The van der Waals surface area contributed by atoms with Crippen molar-refractivity contribution in [2.24, 2.45) is 5.92 Å². The van der Waals surface area contributed by atoms with E-state index < -0.39 is 0 Å². The number of likely N-dealkylation sites (tertiary alicyclic amines) is 1. The van der Waals surface area contributed by atoms with Gasteiger partial charge in [0.15, 0.2) is 11.5 Å². The second-order valence-corrected chi connectivity index (χ2v) is 8.66. The summed E-state index contributed by atoms with van der Waals surface area (Å²) in [5.41, 5.74) is 0.884. The molecule has 4 rings (SSSR count). The quantitative estimate of drug-likeness (QED) is 0.799. The van der Waals surface area contributed by atoms with E-state index in [2.05, 4.69) is 35.9 Å². The second-order valence-electron chi connectivity index (χ2n) is 8.66. The normalized spacial score (nSPS) is 18.9. The first-order chi connectivity index (χ1) is 14.0. The maximum atomic E-state index is 5.53. The topological polar surface area (TPSA) is 62.8 Å². The number of nitrogens with one attached hydrogen (secondary N) is 1. The first-order valence-corrected chi connectivity index (χ1v) is 10.7. The lowest BCUT2D eigenvalue weighted by Crippen LogP contribution is -2.46. The summed E-state index contributed by atoms with van der Waals surface area (Å²) in [5, 5.41) is 4.70. The Morgan fingerprint density at radius 3 is 2.28 bits per heavy atom. The maximum absolute atomic E-state index is 5.53. The van der Waals surface area contributed by atoms with Crippen LogP contribution >= 0.6 is 0 Å². The van der Waals surface area contributed by atoms with Crippen molar-refractivity contribution in [3.8, 4) is 11.5 Å². The average molecular weight is 400 g/mol. The van der Waals surface area contributed by atoms with Gasteiger partial charge < -0.3 is 24.6 Å². The molecule has 2 aromatic rings. The SMILES string of the molecule is COc1cc2nc(N3CC(C)C3)nc(NC3CCN(C(C)C)CC3)c2cc1OC. The number of anilines is 2. The van der Waals surface area contributed by atoms with Crippen LogP contribution in [-0.4, -0.2) is 67.4 Å². The molecule has 0 amide bonds. The van der Waals surface area contributed by atoms with Crippen molar-refractivity contribution in [1.29, 1.82) is 0 Å². The monoisotopic (exact) mass is 399 g/mol. The third-order valence-electron chi connectivity index (χ3n) is 6.14. The van der Waals surface area contributed by atoms with Gasteiger partial charge in [-0.15, -0.1) is 0 Å². The molecule has 0 bridgehead atoms. The molecule has 29 heavy (non-hydrogen) atoms. The smallest absolute Gasteiger partial charge is 0.227 e. The molecule has 7 nitrogen and oxygen atoms in total. The number of rotatable bonds is 6. The summed E-state index contributed by atoms with van der Waals surface area (Å²) < 4.78 is 11.0. The lowest BCUT2D eigenvalue weighted by Gasteiger charge is -2.38. The van der Waals surface area contributed by atoms with Crippen LogP contribution in [0, 0.1) is 5.92 Å². The van der Waals surface area contributed by atoms with E-state index in [1.165, 1.54) is 0 Å². The molecule has 2 saturated heterocycles. The molecule has 1 N–H and O–H groups in total. The molecule has 2 fully saturated rings. The Morgan fingerprint density at radius 2 is 1.69 bits per heavy atom. The van der Waals surface area contributed by atoms with Gasteiger partial charge in [0.2, 0.25) is 5.95 Å². The van der Waals surface area contributed by atoms with Crippen molar-refractivity contribution >= 4 is 22.7 Å². The van der Waals surface area contributed by atoms with E-state index >= 15 is 0 Å². The Kier molecular flexibility index (Phi) is 5.67. The van der Waals surface area contributed by atoms with Crippen LogP contribution in [0.15, 0.2) is 12.1 Å². The number of hydrogen-bond donors (Lipinski definition) is 1. The average Bonchev–Trinajstić information content (AvgIpc) is 2.70. The molecule has 7 heteroatoms. The number of methoxy groups -OCH3 is 2. The van der Waals surface area contributed by atoms with E-state index in [0.29, 0.717) is 29.5 Å². The minimum absolute atomic E-state index is 0.416. The molecule has 158 valence electrons. The highest BCUT2D eigenvalue weighted by atomic mass is 16.5. The first kappa shape index (κ1) is 20.0. The molecule has 0 unspecified atom stereocenters. The molecule has 1 aromatic heterocycles. The molecule has 0 atom stereocenters. The van der Waals surface area contributed by atoms with E-state index in [-0.39, 0.29) is 0 Å². The van der Waals surface area contributed by atoms with Gasteiger partial charge in [0.1, 0.15) is 5.82 Å². The molecular weight excluding hydrogens is 366 g/mol. The van der Waals surface area contributed by atoms with Crippen molar-refractivity contribution in [1.82, 2.24) is 14.9 Å². The number of fused-ring (bicyclic) bond motifs is 1. The second kappa shape index (κ2) is 8.22. The molecule has 2 aliphatic rings. The zero-order chi connectivity index (χ0) is 20.5. The van der Waals surface area contributed by atoms with Gasteiger partial charge in [-0.1, -0.05) is 6.92 Å². The minimum atomic E-state index is 0.416. The van der Waals surface area contributed by atoms with Crippen molar-refractivity contribution in [2.75, 3.05) is 50.6 Å². The van der Waals surface area contributed by atoms with Crippen LogP contribution in [0.3, 0.4) is 0 Å². The summed E-state index contributed by atoms with van der Waals surface area (Å²) in [6.07, 6.45) is 2.24. The molecule has 0 radical (unpaired) electrons. The van der Waals surface area contributed by atoms with Crippen molar-refractivity contribution in [2.45, 2.75) is 45.7 Å². The van der Waals surface area contributed by atoms with E-state index in [1.807, 2.05) is 12.1 Å².